The van der Waals surface area contributed by atoms with Crippen molar-refractivity contribution in [2.24, 2.45) is 0 Å². The van der Waals surface area contributed by atoms with Crippen LogP contribution in [0.15, 0.2) is 48.5 Å². The van der Waals surface area contributed by atoms with Crippen molar-refractivity contribution >= 4 is 11.9 Å². The van der Waals surface area contributed by atoms with Gasteiger partial charge in [-0.3, -0.25) is 4.79 Å². The molecule has 0 spiro atoms. The van der Waals surface area contributed by atoms with Crippen molar-refractivity contribution in [2.75, 3.05) is 0 Å². The molecule has 1 aliphatic carbocycles. The van der Waals surface area contributed by atoms with Crippen LogP contribution in [-0.4, -0.2) is 17.9 Å². The first-order valence-electron chi connectivity index (χ1n) is 7.55. The molecule has 0 heterocycles. The van der Waals surface area contributed by atoms with E-state index >= 15 is 0 Å². The number of hydrogen-bond acceptors (Lipinski definition) is 3. The number of esters is 1. The van der Waals surface area contributed by atoms with Gasteiger partial charge in [0.1, 0.15) is 11.6 Å². The monoisotopic (exact) mass is 331 g/mol. The molecule has 1 N–H and O–H groups in total. The molecule has 24 heavy (non-hydrogen) atoms. The first kappa shape index (κ1) is 16.1. The lowest BCUT2D eigenvalue weighted by Gasteiger charge is -2.18. The summed E-state index contributed by atoms with van der Waals surface area (Å²) in [6.07, 6.45) is 0.595. The Morgan fingerprint density at radius 1 is 1.04 bits per heavy atom. The van der Waals surface area contributed by atoms with E-state index in [2.05, 4.69) is 5.32 Å². The van der Waals surface area contributed by atoms with Gasteiger partial charge in [0.2, 0.25) is 6.10 Å². The molecule has 0 aliphatic heterocycles. The number of amides is 1. The van der Waals surface area contributed by atoms with E-state index in [4.69, 9.17) is 4.74 Å². The molecule has 0 bridgehead atoms. The van der Waals surface area contributed by atoms with Crippen LogP contribution in [0.1, 0.15) is 34.9 Å². The molecule has 1 amide bonds. The second-order valence-electron chi connectivity index (χ2n) is 5.64. The predicted molar refractivity (Wildman–Crippen MR) is 82.1 cm³/mol. The minimum atomic E-state index is -1.18. The van der Waals surface area contributed by atoms with Gasteiger partial charge in [0.05, 0.1) is 5.56 Å². The highest BCUT2D eigenvalue weighted by atomic mass is 19.1. The van der Waals surface area contributed by atoms with Crippen LogP contribution >= 0.6 is 0 Å². The standard InChI is InChI=1S/C18H15F2NO3/c19-13-8-12(9-14(20)10-13)18(23)24-16(11-4-2-1-3-5-11)17(22)21-15-6-7-15/h1-5,8-10,15-16H,6-7H2,(H,21,22)/t16-/m0/s1. The van der Waals surface area contributed by atoms with Gasteiger partial charge in [-0.25, -0.2) is 13.6 Å². The number of carbonyl (C=O) groups is 2. The van der Waals surface area contributed by atoms with E-state index in [0.717, 1.165) is 25.0 Å². The molecule has 0 saturated heterocycles. The minimum Gasteiger partial charge on any atom is -0.444 e. The lowest BCUT2D eigenvalue weighted by Crippen LogP contribution is -2.33. The summed E-state index contributed by atoms with van der Waals surface area (Å²) in [4.78, 5) is 24.6. The third-order valence-electron chi connectivity index (χ3n) is 3.59. The third kappa shape index (κ3) is 3.95. The normalized spacial score (nSPS) is 14.8. The molecular formula is C18H15F2NO3. The van der Waals surface area contributed by atoms with Crippen LogP contribution in [0.2, 0.25) is 0 Å². The number of ether oxygens (including phenoxy) is 1. The Balaban J connectivity index is 1.82. The average molecular weight is 331 g/mol. The average Bonchev–Trinajstić information content (AvgIpc) is 3.36. The number of rotatable bonds is 5. The van der Waals surface area contributed by atoms with Crippen LogP contribution in [0.5, 0.6) is 0 Å². The molecule has 1 saturated carbocycles. The highest BCUT2D eigenvalue weighted by Crippen LogP contribution is 2.24. The second-order valence-corrected chi connectivity index (χ2v) is 5.64. The zero-order chi connectivity index (χ0) is 17.1. The van der Waals surface area contributed by atoms with Gasteiger partial charge in [0.15, 0.2) is 0 Å². The van der Waals surface area contributed by atoms with Crippen molar-refractivity contribution in [3.63, 3.8) is 0 Å². The predicted octanol–water partition coefficient (Wildman–Crippen LogP) is 3.14. The summed E-state index contributed by atoms with van der Waals surface area (Å²) in [5.74, 6) is -3.19. The van der Waals surface area contributed by atoms with E-state index < -0.39 is 29.6 Å². The van der Waals surface area contributed by atoms with Crippen molar-refractivity contribution in [2.45, 2.75) is 25.0 Å². The first-order valence-corrected chi connectivity index (χ1v) is 7.55. The SMILES string of the molecule is O=C(O[C@H](C(=O)NC1CC1)c1ccccc1)c1cc(F)cc(F)c1. The molecule has 1 fully saturated rings. The highest BCUT2D eigenvalue weighted by Gasteiger charge is 2.31. The first-order chi connectivity index (χ1) is 11.5. The molecule has 2 aromatic rings. The number of benzene rings is 2. The van der Waals surface area contributed by atoms with Crippen LogP contribution in [0.3, 0.4) is 0 Å². The zero-order valence-electron chi connectivity index (χ0n) is 12.7. The fourth-order valence-corrected chi connectivity index (χ4v) is 2.25. The van der Waals surface area contributed by atoms with E-state index in [9.17, 15) is 18.4 Å². The summed E-state index contributed by atoms with van der Waals surface area (Å²) in [7, 11) is 0. The van der Waals surface area contributed by atoms with Gasteiger partial charge in [0.25, 0.3) is 5.91 Å². The van der Waals surface area contributed by atoms with Crippen LogP contribution < -0.4 is 5.32 Å². The molecule has 0 radical (unpaired) electrons. The molecule has 6 heteroatoms. The third-order valence-corrected chi connectivity index (χ3v) is 3.59. The van der Waals surface area contributed by atoms with Crippen molar-refractivity contribution in [1.82, 2.24) is 5.32 Å². The van der Waals surface area contributed by atoms with Gasteiger partial charge in [0, 0.05) is 17.7 Å². The largest absolute Gasteiger partial charge is 0.444 e. The summed E-state index contributed by atoms with van der Waals surface area (Å²) >= 11 is 0. The van der Waals surface area contributed by atoms with Crippen molar-refractivity contribution in [3.8, 4) is 0 Å². The molecule has 2 aromatic carbocycles. The lowest BCUT2D eigenvalue weighted by molar-refractivity contribution is -0.130. The Bertz CT molecular complexity index is 740. The van der Waals surface area contributed by atoms with E-state index in [1.165, 1.54) is 0 Å². The lowest BCUT2D eigenvalue weighted by atomic mass is 10.1. The molecular weight excluding hydrogens is 316 g/mol. The number of halogens is 2. The Morgan fingerprint density at radius 3 is 2.25 bits per heavy atom. The van der Waals surface area contributed by atoms with Crippen molar-refractivity contribution < 1.29 is 23.1 Å². The second kappa shape index (κ2) is 6.78. The van der Waals surface area contributed by atoms with Gasteiger partial charge >= 0.3 is 5.97 Å². The van der Waals surface area contributed by atoms with E-state index in [1.807, 2.05) is 0 Å². The molecule has 0 unspecified atom stereocenters. The van der Waals surface area contributed by atoms with Gasteiger partial charge in [-0.15, -0.1) is 0 Å². The molecule has 0 aromatic heterocycles. The van der Waals surface area contributed by atoms with Crippen molar-refractivity contribution in [3.05, 3.63) is 71.3 Å². The topological polar surface area (TPSA) is 55.4 Å². The minimum absolute atomic E-state index is 0.0917. The van der Waals surface area contributed by atoms with E-state index in [0.29, 0.717) is 11.6 Å². The maximum absolute atomic E-state index is 13.3. The fraction of sp³-hybridized carbons (Fsp3) is 0.222. The molecule has 1 aliphatic rings. The Hall–Kier alpha value is -2.76. The van der Waals surface area contributed by atoms with Gasteiger partial charge in [-0.1, -0.05) is 30.3 Å². The quantitative estimate of drug-likeness (QED) is 0.857. The summed E-state index contributed by atoms with van der Waals surface area (Å²) in [5, 5.41) is 2.77. The maximum atomic E-state index is 13.3. The molecule has 124 valence electrons. The van der Waals surface area contributed by atoms with Crippen LogP contribution in [0.4, 0.5) is 8.78 Å². The van der Waals surface area contributed by atoms with Crippen LogP contribution in [0, 0.1) is 11.6 Å². The maximum Gasteiger partial charge on any atom is 0.339 e. The van der Waals surface area contributed by atoms with E-state index in [1.54, 1.807) is 30.3 Å². The molecule has 3 rings (SSSR count). The number of carbonyl (C=O) groups excluding carboxylic acids is 2. The Morgan fingerprint density at radius 2 is 1.67 bits per heavy atom. The van der Waals surface area contributed by atoms with E-state index in [-0.39, 0.29) is 11.6 Å². The zero-order valence-corrected chi connectivity index (χ0v) is 12.7. The smallest absolute Gasteiger partial charge is 0.339 e. The Kier molecular flexibility index (Phi) is 4.55. The number of nitrogens with one attached hydrogen (secondary N) is 1. The summed E-state index contributed by atoms with van der Waals surface area (Å²) < 4.78 is 31.8. The molecule has 1 atom stereocenters. The van der Waals surface area contributed by atoms with Crippen LogP contribution in [0.25, 0.3) is 0 Å². The Labute approximate surface area is 137 Å². The molecule has 4 nitrogen and oxygen atoms in total. The summed E-state index contributed by atoms with van der Waals surface area (Å²) in [5.41, 5.74) is 0.202. The highest BCUT2D eigenvalue weighted by molar-refractivity contribution is 5.92. The van der Waals surface area contributed by atoms with Crippen molar-refractivity contribution in [1.29, 1.82) is 0 Å². The number of hydrogen-bond donors (Lipinski definition) is 1. The van der Waals surface area contributed by atoms with Gasteiger partial charge in [-0.2, -0.15) is 0 Å². The van der Waals surface area contributed by atoms with Gasteiger partial charge < -0.3 is 10.1 Å². The van der Waals surface area contributed by atoms with Crippen LogP contribution in [-0.2, 0) is 9.53 Å². The summed E-state index contributed by atoms with van der Waals surface area (Å²) in [6, 6.07) is 11.0. The van der Waals surface area contributed by atoms with Gasteiger partial charge in [-0.05, 0) is 25.0 Å². The summed E-state index contributed by atoms with van der Waals surface area (Å²) in [6.45, 7) is 0. The fourth-order valence-electron chi connectivity index (χ4n) is 2.25.